The van der Waals surface area contributed by atoms with E-state index in [4.69, 9.17) is 28.4 Å². The van der Waals surface area contributed by atoms with E-state index in [1.807, 2.05) is 6.07 Å². The highest BCUT2D eigenvalue weighted by Gasteiger charge is 2.58. The Hall–Kier alpha value is -3.74. The Bertz CT molecular complexity index is 1130. The number of methoxy groups -OCH3 is 1. The summed E-state index contributed by atoms with van der Waals surface area (Å²) in [5.41, 5.74) is 0.0676. The third-order valence-electron chi connectivity index (χ3n) is 6.26. The molecular weight excluding hydrogens is 528 g/mol. The Morgan fingerprint density at radius 3 is 2.12 bits per heavy atom. The molecule has 0 bridgehead atoms. The summed E-state index contributed by atoms with van der Waals surface area (Å²) < 4.78 is 34.4. The lowest BCUT2D eigenvalue weighted by Gasteiger charge is -2.41. The standard InChI is InChI=1S/C27H37N2O11/c1-15(30)36-20-21(37-16(2)31)23(25(33)35-7)39-24(22(20)38-17(3)32)28-12-8-10-18(14-28)19-11-9-13-29(19)26(34)40-27(4,5)6/h8,10,12,14,19-24H,9,11,13H2,1-7H3/q+1. The monoisotopic (exact) mass is 565 g/mol. The van der Waals surface area contributed by atoms with Gasteiger partial charge in [-0.3, -0.25) is 19.1 Å². The number of hydrogen-bond acceptors (Lipinski definition) is 11. The average molecular weight is 566 g/mol. The summed E-state index contributed by atoms with van der Waals surface area (Å²) in [6, 6.07) is 3.23. The smallest absolute Gasteiger partial charge is 0.410 e. The van der Waals surface area contributed by atoms with Crippen molar-refractivity contribution in [3.05, 3.63) is 30.1 Å². The Morgan fingerprint density at radius 1 is 0.950 bits per heavy atom. The molecule has 1 amide bonds. The van der Waals surface area contributed by atoms with Crippen molar-refractivity contribution in [2.75, 3.05) is 13.7 Å². The minimum absolute atomic E-state index is 0.312. The normalized spacial score (nSPS) is 26.4. The second-order valence-electron chi connectivity index (χ2n) is 10.6. The lowest BCUT2D eigenvalue weighted by Crippen LogP contribution is -2.66. The van der Waals surface area contributed by atoms with Crippen molar-refractivity contribution in [2.45, 2.75) is 96.7 Å². The highest BCUT2D eigenvalue weighted by Crippen LogP contribution is 2.35. The molecule has 0 radical (unpaired) electrons. The number of pyridine rings is 1. The first-order valence-corrected chi connectivity index (χ1v) is 13.0. The summed E-state index contributed by atoms with van der Waals surface area (Å²) in [6.45, 7) is 9.29. The van der Waals surface area contributed by atoms with Gasteiger partial charge < -0.3 is 28.6 Å². The first-order valence-electron chi connectivity index (χ1n) is 13.0. The van der Waals surface area contributed by atoms with Crippen molar-refractivity contribution in [2.24, 2.45) is 0 Å². The van der Waals surface area contributed by atoms with E-state index in [9.17, 15) is 24.0 Å². The fourth-order valence-electron chi connectivity index (χ4n) is 4.85. The van der Waals surface area contributed by atoms with Crippen LogP contribution in [0.5, 0.6) is 0 Å². The van der Waals surface area contributed by atoms with Gasteiger partial charge in [0.25, 0.3) is 0 Å². The molecule has 3 heterocycles. The molecule has 6 atom stereocenters. The van der Waals surface area contributed by atoms with E-state index in [0.717, 1.165) is 39.9 Å². The molecule has 40 heavy (non-hydrogen) atoms. The third kappa shape index (κ3) is 7.46. The Kier molecular flexibility index (Phi) is 9.72. The Balaban J connectivity index is 2.05. The molecule has 0 spiro atoms. The van der Waals surface area contributed by atoms with Crippen molar-refractivity contribution >= 4 is 30.0 Å². The quantitative estimate of drug-likeness (QED) is 0.283. The number of amides is 1. The van der Waals surface area contributed by atoms with Crippen LogP contribution in [0.4, 0.5) is 4.79 Å². The zero-order valence-electron chi connectivity index (χ0n) is 23.8. The molecule has 0 aromatic carbocycles. The number of ether oxygens (including phenoxy) is 6. The first-order chi connectivity index (χ1) is 18.7. The number of aromatic nitrogens is 1. The van der Waals surface area contributed by atoms with Gasteiger partial charge in [0.15, 0.2) is 24.6 Å². The van der Waals surface area contributed by atoms with Crippen LogP contribution in [0.15, 0.2) is 24.5 Å². The molecule has 13 heteroatoms. The maximum atomic E-state index is 12.9. The van der Waals surface area contributed by atoms with E-state index < -0.39 is 66.2 Å². The van der Waals surface area contributed by atoms with Crippen LogP contribution in [-0.2, 0) is 47.6 Å². The molecule has 220 valence electrons. The molecule has 0 saturated carbocycles. The van der Waals surface area contributed by atoms with Gasteiger partial charge in [-0.2, -0.15) is 4.57 Å². The molecule has 0 N–H and O–H groups in total. The molecule has 2 aliphatic rings. The predicted octanol–water partition coefficient (Wildman–Crippen LogP) is 1.91. The van der Waals surface area contributed by atoms with Crippen molar-refractivity contribution in [3.8, 4) is 0 Å². The summed E-state index contributed by atoms with van der Waals surface area (Å²) in [4.78, 5) is 63.4. The minimum atomic E-state index is -1.52. The molecule has 0 aliphatic carbocycles. The summed E-state index contributed by atoms with van der Waals surface area (Å²) in [5, 5.41) is 0. The largest absolute Gasteiger partial charge is 0.467 e. The van der Waals surface area contributed by atoms with Crippen LogP contribution in [-0.4, -0.2) is 78.5 Å². The van der Waals surface area contributed by atoms with E-state index in [-0.39, 0.29) is 6.04 Å². The summed E-state index contributed by atoms with van der Waals surface area (Å²) in [5.74, 6) is -3.16. The molecule has 13 nitrogen and oxygen atoms in total. The summed E-state index contributed by atoms with van der Waals surface area (Å²) >= 11 is 0. The second kappa shape index (κ2) is 12.6. The van der Waals surface area contributed by atoms with Gasteiger partial charge in [-0.15, -0.1) is 0 Å². The maximum Gasteiger partial charge on any atom is 0.410 e. The van der Waals surface area contributed by atoms with Gasteiger partial charge in [0.1, 0.15) is 5.60 Å². The van der Waals surface area contributed by atoms with Gasteiger partial charge in [-0.25, -0.2) is 9.59 Å². The fourth-order valence-corrected chi connectivity index (χ4v) is 4.85. The highest BCUT2D eigenvalue weighted by atomic mass is 16.7. The number of carbonyl (C=O) groups excluding carboxylic acids is 5. The number of likely N-dealkylation sites (tertiary alicyclic amines) is 1. The van der Waals surface area contributed by atoms with Gasteiger partial charge in [0.2, 0.25) is 12.2 Å². The minimum Gasteiger partial charge on any atom is -0.467 e. The van der Waals surface area contributed by atoms with Crippen LogP contribution in [0.25, 0.3) is 0 Å². The van der Waals surface area contributed by atoms with Gasteiger partial charge >= 0.3 is 36.2 Å². The number of nitrogens with zero attached hydrogens (tertiary/aromatic N) is 2. The lowest BCUT2D eigenvalue weighted by molar-refractivity contribution is -0.776. The second-order valence-corrected chi connectivity index (χ2v) is 10.6. The van der Waals surface area contributed by atoms with Crippen LogP contribution < -0.4 is 4.57 Å². The summed E-state index contributed by atoms with van der Waals surface area (Å²) in [6.07, 6.45) is -2.61. The Morgan fingerprint density at radius 2 is 1.55 bits per heavy atom. The van der Waals surface area contributed by atoms with E-state index in [2.05, 4.69) is 0 Å². The maximum absolute atomic E-state index is 12.9. The van der Waals surface area contributed by atoms with Gasteiger partial charge in [-0.05, 0) is 39.7 Å². The zero-order chi connectivity index (χ0) is 29.8. The molecule has 6 unspecified atom stereocenters. The average Bonchev–Trinajstić information content (AvgIpc) is 3.34. The van der Waals surface area contributed by atoms with Crippen molar-refractivity contribution in [1.29, 1.82) is 0 Å². The molecule has 3 rings (SSSR count). The van der Waals surface area contributed by atoms with E-state index in [1.165, 1.54) is 0 Å². The summed E-state index contributed by atoms with van der Waals surface area (Å²) in [7, 11) is 1.13. The van der Waals surface area contributed by atoms with Crippen molar-refractivity contribution in [3.63, 3.8) is 0 Å². The molecule has 2 saturated heterocycles. The van der Waals surface area contributed by atoms with Crippen LogP contribution in [0.2, 0.25) is 0 Å². The van der Waals surface area contributed by atoms with Gasteiger partial charge in [-0.1, -0.05) is 0 Å². The van der Waals surface area contributed by atoms with Gasteiger partial charge in [0.05, 0.1) is 13.2 Å². The van der Waals surface area contributed by atoms with Crippen LogP contribution in [0.1, 0.15) is 72.2 Å². The van der Waals surface area contributed by atoms with Crippen LogP contribution >= 0.6 is 0 Å². The Labute approximate surface area is 232 Å². The number of esters is 4. The first kappa shape index (κ1) is 30.8. The molecule has 1 aromatic heterocycles. The van der Waals surface area contributed by atoms with E-state index in [0.29, 0.717) is 13.0 Å². The van der Waals surface area contributed by atoms with E-state index in [1.54, 1.807) is 48.7 Å². The molecule has 2 fully saturated rings. The highest BCUT2D eigenvalue weighted by molar-refractivity contribution is 5.77. The number of hydrogen-bond donors (Lipinski definition) is 0. The zero-order valence-corrected chi connectivity index (χ0v) is 23.8. The number of carbonyl (C=O) groups is 5. The molecule has 2 aliphatic heterocycles. The van der Waals surface area contributed by atoms with Crippen LogP contribution in [0, 0.1) is 0 Å². The van der Waals surface area contributed by atoms with Crippen molar-refractivity contribution in [1.82, 2.24) is 4.90 Å². The molecule has 1 aromatic rings. The van der Waals surface area contributed by atoms with Crippen molar-refractivity contribution < 1.29 is 57.0 Å². The number of rotatable bonds is 6. The molecular formula is C27H37N2O11+. The van der Waals surface area contributed by atoms with E-state index >= 15 is 0 Å². The van der Waals surface area contributed by atoms with Crippen LogP contribution in [0.3, 0.4) is 0 Å². The SMILES string of the molecule is COC(=O)C1OC([n+]2cccc(C3CCCN3C(=O)OC(C)(C)C)c2)C(OC(C)=O)C(OC(C)=O)C1OC(C)=O. The lowest BCUT2D eigenvalue weighted by atomic mass is 9.96. The predicted molar refractivity (Wildman–Crippen MR) is 134 cm³/mol. The fraction of sp³-hybridized carbons (Fsp3) is 0.630. The van der Waals surface area contributed by atoms with Gasteiger partial charge in [0, 0.05) is 38.9 Å². The topological polar surface area (TPSA) is 148 Å². The third-order valence-corrected chi connectivity index (χ3v) is 6.26.